The van der Waals surface area contributed by atoms with E-state index in [1.54, 1.807) is 13.8 Å². The molecule has 23 heavy (non-hydrogen) atoms. The summed E-state index contributed by atoms with van der Waals surface area (Å²) in [5.41, 5.74) is -2.05. The normalized spacial score (nSPS) is 10.3. The summed E-state index contributed by atoms with van der Waals surface area (Å²) in [5, 5.41) is 13.4. The number of hydrogen-bond acceptors (Lipinski definition) is 3. The zero-order valence-electron chi connectivity index (χ0n) is 12.8. The summed E-state index contributed by atoms with van der Waals surface area (Å²) in [6.45, 7) is 3.48. The van der Waals surface area contributed by atoms with Crippen molar-refractivity contribution in [2.45, 2.75) is 39.5 Å². The van der Waals surface area contributed by atoms with Gasteiger partial charge >= 0.3 is 5.97 Å². The molecule has 0 radical (unpaired) electrons. The molecule has 6 nitrogen and oxygen atoms in total. The Balaban J connectivity index is 3.33. The second-order valence-electron chi connectivity index (χ2n) is 4.87. The van der Waals surface area contributed by atoms with Crippen molar-refractivity contribution in [2.24, 2.45) is 0 Å². The van der Waals surface area contributed by atoms with Crippen LogP contribution in [0.25, 0.3) is 0 Å². The molecule has 2 amide bonds. The summed E-state index contributed by atoms with van der Waals surface area (Å²) in [6, 6.07) is 0.682. The Morgan fingerprint density at radius 3 is 2.04 bits per heavy atom. The van der Waals surface area contributed by atoms with Crippen LogP contribution in [0.4, 0.5) is 20.2 Å². The first kappa shape index (κ1) is 18.5. The van der Waals surface area contributed by atoms with Gasteiger partial charge in [0.1, 0.15) is 17.1 Å². The Morgan fingerprint density at radius 1 is 1.04 bits per heavy atom. The van der Waals surface area contributed by atoms with Crippen molar-refractivity contribution >= 4 is 29.2 Å². The van der Waals surface area contributed by atoms with Crippen molar-refractivity contribution in [3.63, 3.8) is 0 Å². The highest BCUT2D eigenvalue weighted by molar-refractivity contribution is 6.02. The zero-order chi connectivity index (χ0) is 17.6. The largest absolute Gasteiger partial charge is 0.477 e. The maximum absolute atomic E-state index is 14.3. The number of anilines is 2. The molecule has 0 aliphatic heterocycles. The standard InChI is InChI=1S/C15H18F2N2O4/c1-3-5-10(20)18-9-7-8(16)12(15(22)23)13(17)14(9)19-11(21)6-4-2/h7H,3-6H2,1-2H3,(H,18,20)(H,19,21)(H,22,23). The van der Waals surface area contributed by atoms with Gasteiger partial charge in [-0.1, -0.05) is 13.8 Å². The van der Waals surface area contributed by atoms with E-state index < -0.39 is 40.7 Å². The quantitative estimate of drug-likeness (QED) is 0.716. The zero-order valence-corrected chi connectivity index (χ0v) is 12.8. The first-order valence-corrected chi connectivity index (χ1v) is 7.16. The van der Waals surface area contributed by atoms with Crippen molar-refractivity contribution in [1.82, 2.24) is 0 Å². The lowest BCUT2D eigenvalue weighted by Crippen LogP contribution is -2.19. The number of carbonyl (C=O) groups is 3. The molecule has 0 bridgehead atoms. The second kappa shape index (κ2) is 8.21. The molecule has 0 heterocycles. The molecule has 0 unspecified atom stereocenters. The van der Waals surface area contributed by atoms with Crippen molar-refractivity contribution < 1.29 is 28.3 Å². The monoisotopic (exact) mass is 328 g/mol. The van der Waals surface area contributed by atoms with E-state index in [1.165, 1.54) is 0 Å². The smallest absolute Gasteiger partial charge is 0.341 e. The van der Waals surface area contributed by atoms with Gasteiger partial charge in [0.25, 0.3) is 0 Å². The Bertz CT molecular complexity index is 632. The van der Waals surface area contributed by atoms with E-state index in [0.717, 1.165) is 0 Å². The molecule has 0 fully saturated rings. The third-order valence-corrected chi connectivity index (χ3v) is 2.92. The van der Waals surface area contributed by atoms with Crippen LogP contribution in [0.2, 0.25) is 0 Å². The van der Waals surface area contributed by atoms with Gasteiger partial charge in [-0.3, -0.25) is 9.59 Å². The number of nitrogens with one attached hydrogen (secondary N) is 2. The third kappa shape index (κ3) is 4.73. The minimum Gasteiger partial charge on any atom is -0.477 e. The SMILES string of the molecule is CCCC(=O)Nc1cc(F)c(C(=O)O)c(F)c1NC(=O)CCC. The Hall–Kier alpha value is -2.51. The van der Waals surface area contributed by atoms with Gasteiger partial charge in [0.05, 0.1) is 5.69 Å². The van der Waals surface area contributed by atoms with Crippen molar-refractivity contribution in [3.05, 3.63) is 23.3 Å². The van der Waals surface area contributed by atoms with E-state index in [2.05, 4.69) is 10.6 Å². The highest BCUT2D eigenvalue weighted by atomic mass is 19.1. The molecule has 0 aliphatic rings. The number of rotatable bonds is 7. The fourth-order valence-electron chi connectivity index (χ4n) is 1.90. The molecular weight excluding hydrogens is 310 g/mol. The molecule has 126 valence electrons. The van der Waals surface area contributed by atoms with Crippen LogP contribution in [0.5, 0.6) is 0 Å². The number of amides is 2. The van der Waals surface area contributed by atoms with Crippen molar-refractivity contribution in [3.8, 4) is 0 Å². The van der Waals surface area contributed by atoms with E-state index >= 15 is 0 Å². The lowest BCUT2D eigenvalue weighted by atomic mass is 10.1. The van der Waals surface area contributed by atoms with Gasteiger partial charge in [-0.05, 0) is 12.8 Å². The first-order valence-electron chi connectivity index (χ1n) is 7.16. The maximum atomic E-state index is 14.3. The fraction of sp³-hybridized carbons (Fsp3) is 0.400. The van der Waals surface area contributed by atoms with Crippen LogP contribution in [0, 0.1) is 11.6 Å². The first-order chi connectivity index (χ1) is 10.8. The lowest BCUT2D eigenvalue weighted by Gasteiger charge is -2.15. The van der Waals surface area contributed by atoms with Gasteiger partial charge in [0.2, 0.25) is 11.8 Å². The van der Waals surface area contributed by atoms with E-state index in [0.29, 0.717) is 18.9 Å². The topological polar surface area (TPSA) is 95.5 Å². The average molecular weight is 328 g/mol. The number of carboxylic acid groups (broad SMARTS) is 1. The van der Waals surface area contributed by atoms with E-state index in [-0.39, 0.29) is 18.5 Å². The van der Waals surface area contributed by atoms with Crippen LogP contribution >= 0.6 is 0 Å². The number of benzene rings is 1. The number of aromatic carboxylic acids is 1. The molecule has 1 aromatic rings. The predicted molar refractivity (Wildman–Crippen MR) is 80.4 cm³/mol. The molecule has 8 heteroatoms. The van der Waals surface area contributed by atoms with Crippen LogP contribution in [0.1, 0.15) is 49.9 Å². The highest BCUT2D eigenvalue weighted by Crippen LogP contribution is 2.31. The van der Waals surface area contributed by atoms with Gasteiger partial charge in [0, 0.05) is 18.9 Å². The lowest BCUT2D eigenvalue weighted by molar-refractivity contribution is -0.117. The van der Waals surface area contributed by atoms with Crippen LogP contribution in [0.3, 0.4) is 0 Å². The molecule has 0 aromatic heterocycles. The fourth-order valence-corrected chi connectivity index (χ4v) is 1.90. The van der Waals surface area contributed by atoms with Gasteiger partial charge in [-0.15, -0.1) is 0 Å². The van der Waals surface area contributed by atoms with Crippen LogP contribution in [-0.4, -0.2) is 22.9 Å². The van der Waals surface area contributed by atoms with E-state index in [1.807, 2.05) is 0 Å². The van der Waals surface area contributed by atoms with E-state index in [9.17, 15) is 23.2 Å². The Labute approximate surface area is 131 Å². The molecule has 1 aromatic carbocycles. The van der Waals surface area contributed by atoms with Crippen molar-refractivity contribution in [1.29, 1.82) is 0 Å². The maximum Gasteiger partial charge on any atom is 0.341 e. The molecule has 3 N–H and O–H groups in total. The Kier molecular flexibility index (Phi) is 6.62. The highest BCUT2D eigenvalue weighted by Gasteiger charge is 2.25. The summed E-state index contributed by atoms with van der Waals surface area (Å²) in [7, 11) is 0. The number of carbonyl (C=O) groups excluding carboxylic acids is 2. The summed E-state index contributed by atoms with van der Waals surface area (Å²) < 4.78 is 28.1. The molecule has 1 rings (SSSR count). The number of carboxylic acids is 1. The van der Waals surface area contributed by atoms with Crippen LogP contribution in [-0.2, 0) is 9.59 Å². The summed E-state index contributed by atoms with van der Waals surface area (Å²) >= 11 is 0. The minimum absolute atomic E-state index is 0.0710. The minimum atomic E-state index is -1.81. The summed E-state index contributed by atoms with van der Waals surface area (Å²) in [5.74, 6) is -5.65. The van der Waals surface area contributed by atoms with Crippen molar-refractivity contribution in [2.75, 3.05) is 10.6 Å². The summed E-state index contributed by atoms with van der Waals surface area (Å²) in [4.78, 5) is 34.3. The van der Waals surface area contributed by atoms with E-state index in [4.69, 9.17) is 5.11 Å². The van der Waals surface area contributed by atoms with Crippen LogP contribution < -0.4 is 10.6 Å². The molecule has 0 saturated carbocycles. The molecular formula is C15H18F2N2O4. The third-order valence-electron chi connectivity index (χ3n) is 2.92. The molecule has 0 saturated heterocycles. The molecule has 0 spiro atoms. The second-order valence-corrected chi connectivity index (χ2v) is 4.87. The average Bonchev–Trinajstić information content (AvgIpc) is 2.43. The molecule has 0 atom stereocenters. The number of halogens is 2. The van der Waals surface area contributed by atoms with Gasteiger partial charge in [-0.25, -0.2) is 13.6 Å². The van der Waals surface area contributed by atoms with Crippen LogP contribution in [0.15, 0.2) is 6.07 Å². The predicted octanol–water partition coefficient (Wildman–Crippen LogP) is 3.14. The van der Waals surface area contributed by atoms with Gasteiger partial charge in [0.15, 0.2) is 5.82 Å². The molecule has 0 aliphatic carbocycles. The number of hydrogen-bond donors (Lipinski definition) is 3. The Morgan fingerprint density at radius 2 is 1.57 bits per heavy atom. The van der Waals surface area contributed by atoms with Gasteiger partial charge in [-0.2, -0.15) is 0 Å². The summed E-state index contributed by atoms with van der Waals surface area (Å²) in [6.07, 6.45) is 1.19. The van der Waals surface area contributed by atoms with Gasteiger partial charge < -0.3 is 15.7 Å².